The van der Waals surface area contributed by atoms with Gasteiger partial charge in [-0.25, -0.2) is 4.98 Å². The Morgan fingerprint density at radius 1 is 1.27 bits per heavy atom. The number of benzene rings is 1. The molecule has 1 aromatic carbocycles. The molecule has 2 N–H and O–H groups in total. The molecule has 4 heterocycles. The third-order valence-electron chi connectivity index (χ3n) is 4.45. The lowest BCUT2D eigenvalue weighted by Crippen LogP contribution is -2.12. The van der Waals surface area contributed by atoms with Crippen LogP contribution in [0.25, 0.3) is 27.2 Å². The standard InChI is InChI=1S/C19H14N6O3S2/c1-10(30-19-22-23-24-25(19)11-4-6-12(26)7-5-11)16-20-17(27)15-13(9-29-18(15)21-16)14-3-2-8-28-14/h2-10,26H,1H3,(H,20,21,27). The van der Waals surface area contributed by atoms with Crippen molar-refractivity contribution in [1.82, 2.24) is 30.2 Å². The predicted molar refractivity (Wildman–Crippen MR) is 113 cm³/mol. The summed E-state index contributed by atoms with van der Waals surface area (Å²) in [6, 6.07) is 10.2. The van der Waals surface area contributed by atoms with Crippen LogP contribution in [0.15, 0.2) is 62.4 Å². The second kappa shape index (κ2) is 7.43. The quantitative estimate of drug-likeness (QED) is 0.398. The normalized spacial score (nSPS) is 12.4. The molecular weight excluding hydrogens is 424 g/mol. The molecule has 0 aliphatic heterocycles. The zero-order valence-electron chi connectivity index (χ0n) is 15.5. The zero-order valence-corrected chi connectivity index (χ0v) is 17.1. The third kappa shape index (κ3) is 3.27. The Labute approximate surface area is 177 Å². The highest BCUT2D eigenvalue weighted by molar-refractivity contribution is 7.99. The van der Waals surface area contributed by atoms with E-state index in [0.717, 1.165) is 5.56 Å². The molecule has 0 amide bonds. The van der Waals surface area contributed by atoms with Gasteiger partial charge in [0.2, 0.25) is 5.16 Å². The van der Waals surface area contributed by atoms with Crippen molar-refractivity contribution in [2.24, 2.45) is 0 Å². The van der Waals surface area contributed by atoms with Gasteiger partial charge in [-0.2, -0.15) is 4.68 Å². The Hall–Kier alpha value is -3.44. The zero-order chi connectivity index (χ0) is 20.7. The summed E-state index contributed by atoms with van der Waals surface area (Å²) < 4.78 is 7.00. The lowest BCUT2D eigenvalue weighted by atomic mass is 10.2. The molecule has 5 rings (SSSR count). The van der Waals surface area contributed by atoms with E-state index in [9.17, 15) is 9.90 Å². The fourth-order valence-electron chi connectivity index (χ4n) is 2.99. The molecule has 0 saturated heterocycles. The topological polar surface area (TPSA) is 123 Å². The number of nitrogens with one attached hydrogen (secondary N) is 1. The minimum Gasteiger partial charge on any atom is -0.508 e. The van der Waals surface area contributed by atoms with Crippen molar-refractivity contribution in [2.75, 3.05) is 0 Å². The van der Waals surface area contributed by atoms with E-state index in [0.29, 0.717) is 32.6 Å². The Morgan fingerprint density at radius 3 is 2.87 bits per heavy atom. The minimum atomic E-state index is -0.215. The van der Waals surface area contributed by atoms with Gasteiger partial charge in [0.15, 0.2) is 0 Å². The van der Waals surface area contributed by atoms with Crippen LogP contribution in [-0.2, 0) is 0 Å². The van der Waals surface area contributed by atoms with Crippen LogP contribution in [0.1, 0.15) is 18.0 Å². The van der Waals surface area contributed by atoms with Crippen LogP contribution in [0.2, 0.25) is 0 Å². The van der Waals surface area contributed by atoms with Gasteiger partial charge >= 0.3 is 0 Å². The number of thioether (sulfide) groups is 1. The first-order valence-corrected chi connectivity index (χ1v) is 10.7. The molecule has 9 nitrogen and oxygen atoms in total. The lowest BCUT2D eigenvalue weighted by Gasteiger charge is -2.10. The third-order valence-corrected chi connectivity index (χ3v) is 6.37. The van der Waals surface area contributed by atoms with Crippen LogP contribution >= 0.6 is 23.1 Å². The smallest absolute Gasteiger partial charge is 0.260 e. The van der Waals surface area contributed by atoms with E-state index >= 15 is 0 Å². The van der Waals surface area contributed by atoms with Crippen LogP contribution in [0.3, 0.4) is 0 Å². The summed E-state index contributed by atoms with van der Waals surface area (Å²) in [6.45, 7) is 1.92. The van der Waals surface area contributed by atoms with Crippen molar-refractivity contribution in [1.29, 1.82) is 0 Å². The molecule has 150 valence electrons. The second-order valence-corrected chi connectivity index (χ2v) is 8.57. The highest BCUT2D eigenvalue weighted by Crippen LogP contribution is 2.35. The number of aromatic hydroxyl groups is 1. The highest BCUT2D eigenvalue weighted by Gasteiger charge is 2.20. The van der Waals surface area contributed by atoms with Crippen molar-refractivity contribution in [3.63, 3.8) is 0 Å². The number of furan rings is 1. The summed E-state index contributed by atoms with van der Waals surface area (Å²) in [5, 5.41) is 24.0. The first-order chi connectivity index (χ1) is 14.6. The van der Waals surface area contributed by atoms with Gasteiger partial charge in [0.25, 0.3) is 5.56 Å². The number of rotatable bonds is 5. The number of phenolic OH excluding ortho intramolecular Hbond substituents is 1. The van der Waals surface area contributed by atoms with E-state index in [1.54, 1.807) is 41.3 Å². The maximum absolute atomic E-state index is 12.8. The van der Waals surface area contributed by atoms with Gasteiger partial charge in [-0.05, 0) is 53.7 Å². The first kappa shape index (κ1) is 18.6. The molecule has 0 fully saturated rings. The van der Waals surface area contributed by atoms with E-state index in [2.05, 4.69) is 25.5 Å². The number of nitrogens with zero attached hydrogens (tertiary/aromatic N) is 5. The molecule has 0 spiro atoms. The van der Waals surface area contributed by atoms with Gasteiger partial charge in [0, 0.05) is 10.9 Å². The number of thiophene rings is 1. The van der Waals surface area contributed by atoms with Gasteiger partial charge in [-0.3, -0.25) is 4.79 Å². The summed E-state index contributed by atoms with van der Waals surface area (Å²) >= 11 is 2.77. The van der Waals surface area contributed by atoms with E-state index in [1.165, 1.54) is 23.1 Å². The summed E-state index contributed by atoms with van der Waals surface area (Å²) in [5.74, 6) is 1.33. The summed E-state index contributed by atoms with van der Waals surface area (Å²) in [7, 11) is 0. The van der Waals surface area contributed by atoms with E-state index < -0.39 is 0 Å². The van der Waals surface area contributed by atoms with E-state index in [1.807, 2.05) is 18.4 Å². The van der Waals surface area contributed by atoms with Gasteiger partial charge in [0.05, 0.1) is 22.6 Å². The molecule has 1 atom stereocenters. The largest absolute Gasteiger partial charge is 0.508 e. The highest BCUT2D eigenvalue weighted by atomic mass is 32.2. The number of phenols is 1. The Balaban J connectivity index is 1.46. The van der Waals surface area contributed by atoms with Crippen molar-refractivity contribution in [3.8, 4) is 22.8 Å². The Bertz CT molecular complexity index is 1370. The number of H-pyrrole nitrogens is 1. The van der Waals surface area contributed by atoms with Gasteiger partial charge < -0.3 is 14.5 Å². The molecule has 30 heavy (non-hydrogen) atoms. The molecule has 0 saturated carbocycles. The van der Waals surface area contributed by atoms with E-state index in [-0.39, 0.29) is 16.6 Å². The maximum Gasteiger partial charge on any atom is 0.260 e. The number of aromatic nitrogens is 6. The summed E-state index contributed by atoms with van der Waals surface area (Å²) in [4.78, 5) is 21.0. The summed E-state index contributed by atoms with van der Waals surface area (Å²) in [6.07, 6.45) is 1.58. The SMILES string of the molecule is CC(Sc1nnnn1-c1ccc(O)cc1)c1nc2scc(-c3ccco3)c2c(=O)[nH]1. The number of aromatic amines is 1. The first-order valence-electron chi connectivity index (χ1n) is 8.90. The van der Waals surface area contributed by atoms with Crippen LogP contribution < -0.4 is 5.56 Å². The van der Waals surface area contributed by atoms with E-state index in [4.69, 9.17) is 4.42 Å². The molecule has 0 bridgehead atoms. The van der Waals surface area contributed by atoms with Crippen molar-refractivity contribution in [2.45, 2.75) is 17.3 Å². The Kier molecular flexibility index (Phi) is 4.60. The Morgan fingerprint density at radius 2 is 2.10 bits per heavy atom. The van der Waals surface area contributed by atoms with Gasteiger partial charge in [-0.1, -0.05) is 11.8 Å². The average molecular weight is 438 g/mol. The minimum absolute atomic E-state index is 0.161. The molecule has 5 aromatic rings. The lowest BCUT2D eigenvalue weighted by molar-refractivity contribution is 0.475. The molecular formula is C19H14N6O3S2. The van der Waals surface area contributed by atoms with Gasteiger partial charge in [-0.15, -0.1) is 16.4 Å². The summed E-state index contributed by atoms with van der Waals surface area (Å²) in [5.41, 5.74) is 1.23. The molecule has 4 aromatic heterocycles. The average Bonchev–Trinajstić information content (AvgIpc) is 3.49. The number of tetrazole rings is 1. The number of hydrogen-bond donors (Lipinski definition) is 2. The molecule has 0 radical (unpaired) electrons. The molecule has 1 unspecified atom stereocenters. The van der Waals surface area contributed by atoms with Crippen LogP contribution in [0, 0.1) is 0 Å². The second-order valence-electron chi connectivity index (χ2n) is 6.41. The molecule has 0 aliphatic rings. The van der Waals surface area contributed by atoms with Crippen LogP contribution in [0.4, 0.5) is 0 Å². The number of fused-ring (bicyclic) bond motifs is 1. The fraction of sp³-hybridized carbons (Fsp3) is 0.105. The van der Waals surface area contributed by atoms with Crippen molar-refractivity contribution in [3.05, 3.63) is 64.2 Å². The van der Waals surface area contributed by atoms with Gasteiger partial charge in [0.1, 0.15) is 22.2 Å². The van der Waals surface area contributed by atoms with Crippen LogP contribution in [0.5, 0.6) is 5.75 Å². The molecule has 11 heteroatoms. The van der Waals surface area contributed by atoms with Crippen LogP contribution in [-0.4, -0.2) is 35.3 Å². The van der Waals surface area contributed by atoms with Crippen molar-refractivity contribution >= 4 is 33.3 Å². The van der Waals surface area contributed by atoms with Crippen molar-refractivity contribution < 1.29 is 9.52 Å². The number of hydrogen-bond acceptors (Lipinski definition) is 9. The predicted octanol–water partition coefficient (Wildman–Crippen LogP) is 3.78. The fourth-order valence-corrected chi connectivity index (χ4v) is 4.79. The maximum atomic E-state index is 12.8. The monoisotopic (exact) mass is 438 g/mol. The molecule has 0 aliphatic carbocycles.